The second-order valence-electron chi connectivity index (χ2n) is 5.74. The van der Waals surface area contributed by atoms with E-state index in [2.05, 4.69) is 5.32 Å². The summed E-state index contributed by atoms with van der Waals surface area (Å²) >= 11 is 1.22. The van der Waals surface area contributed by atoms with Gasteiger partial charge in [0.1, 0.15) is 5.82 Å². The van der Waals surface area contributed by atoms with E-state index in [1.165, 1.54) is 22.7 Å². The molecular formula is C18H17FN2O2S. The Morgan fingerprint density at radius 3 is 2.62 bits per heavy atom. The van der Waals surface area contributed by atoms with Gasteiger partial charge >= 0.3 is 0 Å². The Morgan fingerprint density at radius 1 is 1.21 bits per heavy atom. The first-order valence-corrected chi connectivity index (χ1v) is 8.33. The molecule has 0 radical (unpaired) electrons. The molecule has 0 saturated heterocycles. The minimum absolute atomic E-state index is 0.0420. The third-order valence-corrected chi connectivity index (χ3v) is 5.42. The van der Waals surface area contributed by atoms with Crippen LogP contribution < -0.4 is 10.2 Å². The fraction of sp³-hybridized carbons (Fsp3) is 0.222. The van der Waals surface area contributed by atoms with Gasteiger partial charge < -0.3 is 10.2 Å². The third kappa shape index (κ3) is 2.78. The van der Waals surface area contributed by atoms with Crippen molar-refractivity contribution in [2.75, 3.05) is 11.9 Å². The number of nitrogens with zero attached hydrogens (tertiary/aromatic N) is 1. The summed E-state index contributed by atoms with van der Waals surface area (Å²) in [5, 5.41) is 2.68. The molecular weight excluding hydrogens is 327 g/mol. The van der Waals surface area contributed by atoms with E-state index in [1.807, 2.05) is 24.3 Å². The number of benzene rings is 2. The van der Waals surface area contributed by atoms with Crippen molar-refractivity contribution < 1.29 is 14.0 Å². The number of hydrogen-bond acceptors (Lipinski definition) is 3. The van der Waals surface area contributed by atoms with E-state index in [4.69, 9.17) is 0 Å². The molecule has 1 N–H and O–H groups in total. The highest BCUT2D eigenvalue weighted by molar-refractivity contribution is 8.02. The smallest absolute Gasteiger partial charge is 0.252 e. The molecule has 6 heteroatoms. The Balaban J connectivity index is 1.81. The molecule has 1 unspecified atom stereocenters. The van der Waals surface area contributed by atoms with E-state index in [-0.39, 0.29) is 18.3 Å². The minimum Gasteiger partial charge on any atom is -0.350 e. The van der Waals surface area contributed by atoms with E-state index in [0.717, 1.165) is 10.6 Å². The molecule has 0 fully saturated rings. The standard InChI is InChI=1S/C18H17FN2O2S/c1-18(16(22)20-11-12-7-3-4-8-13(12)19)17(23)21(2)14-9-5-6-10-15(14)24-18/h3-10H,11H2,1-2H3,(H,20,22). The fourth-order valence-electron chi connectivity index (χ4n) is 2.64. The first-order chi connectivity index (χ1) is 11.4. The normalized spacial score (nSPS) is 19.8. The highest BCUT2D eigenvalue weighted by Crippen LogP contribution is 2.44. The fourth-order valence-corrected chi connectivity index (χ4v) is 3.93. The summed E-state index contributed by atoms with van der Waals surface area (Å²) in [6.45, 7) is 1.64. The first kappa shape index (κ1) is 16.5. The zero-order valence-corrected chi connectivity index (χ0v) is 14.2. The first-order valence-electron chi connectivity index (χ1n) is 7.51. The van der Waals surface area contributed by atoms with Crippen LogP contribution in [0.1, 0.15) is 12.5 Å². The zero-order chi connectivity index (χ0) is 17.3. The number of nitrogens with one attached hydrogen (secondary N) is 1. The predicted octanol–water partition coefficient (Wildman–Crippen LogP) is 2.97. The third-order valence-electron chi connectivity index (χ3n) is 4.08. The van der Waals surface area contributed by atoms with Gasteiger partial charge in [0.2, 0.25) is 5.91 Å². The van der Waals surface area contributed by atoms with Gasteiger partial charge in [0.05, 0.1) is 5.69 Å². The lowest BCUT2D eigenvalue weighted by atomic mass is 10.1. The van der Waals surface area contributed by atoms with Crippen LogP contribution in [0.4, 0.5) is 10.1 Å². The molecule has 2 aromatic rings. The lowest BCUT2D eigenvalue weighted by Gasteiger charge is -2.36. The number of hydrogen-bond donors (Lipinski definition) is 1. The van der Waals surface area contributed by atoms with Gasteiger partial charge in [0.25, 0.3) is 5.91 Å². The Labute approximate surface area is 144 Å². The molecule has 2 amide bonds. The molecule has 2 aromatic carbocycles. The van der Waals surface area contributed by atoms with Crippen LogP contribution in [0.3, 0.4) is 0 Å². The topological polar surface area (TPSA) is 49.4 Å². The van der Waals surface area contributed by atoms with Crippen LogP contribution in [0, 0.1) is 5.82 Å². The van der Waals surface area contributed by atoms with Crippen molar-refractivity contribution in [3.8, 4) is 0 Å². The molecule has 0 bridgehead atoms. The van der Waals surface area contributed by atoms with Gasteiger partial charge in [-0.1, -0.05) is 42.1 Å². The molecule has 3 rings (SSSR count). The number of thioether (sulfide) groups is 1. The quantitative estimate of drug-likeness (QED) is 0.871. The van der Waals surface area contributed by atoms with Gasteiger partial charge in [-0.15, -0.1) is 0 Å². The molecule has 0 spiro atoms. The molecule has 0 aliphatic carbocycles. The Bertz CT molecular complexity index is 811. The van der Waals surface area contributed by atoms with Gasteiger partial charge in [0.15, 0.2) is 4.75 Å². The van der Waals surface area contributed by atoms with Crippen LogP contribution >= 0.6 is 11.8 Å². The lowest BCUT2D eigenvalue weighted by molar-refractivity contribution is -0.131. The molecule has 1 heterocycles. The summed E-state index contributed by atoms with van der Waals surface area (Å²) in [4.78, 5) is 27.7. The van der Waals surface area contributed by atoms with Crippen molar-refractivity contribution in [1.82, 2.24) is 5.32 Å². The summed E-state index contributed by atoms with van der Waals surface area (Å²) in [6.07, 6.45) is 0. The van der Waals surface area contributed by atoms with Crippen LogP contribution in [0.2, 0.25) is 0 Å². The van der Waals surface area contributed by atoms with Gasteiger partial charge in [-0.2, -0.15) is 0 Å². The highest BCUT2D eigenvalue weighted by Gasteiger charge is 2.48. The number of amides is 2. The second kappa shape index (κ2) is 6.28. The van der Waals surface area contributed by atoms with Gasteiger partial charge in [-0.25, -0.2) is 4.39 Å². The molecule has 1 atom stereocenters. The molecule has 4 nitrogen and oxygen atoms in total. The molecule has 24 heavy (non-hydrogen) atoms. The molecule has 0 saturated carbocycles. The van der Waals surface area contributed by atoms with Crippen molar-refractivity contribution in [3.63, 3.8) is 0 Å². The average Bonchev–Trinajstić information content (AvgIpc) is 2.59. The van der Waals surface area contributed by atoms with Crippen LogP contribution in [0.5, 0.6) is 0 Å². The van der Waals surface area contributed by atoms with Crippen molar-refractivity contribution in [1.29, 1.82) is 0 Å². The van der Waals surface area contributed by atoms with Gasteiger partial charge in [-0.05, 0) is 25.1 Å². The van der Waals surface area contributed by atoms with Gasteiger partial charge in [0, 0.05) is 24.1 Å². The van der Waals surface area contributed by atoms with Gasteiger partial charge in [-0.3, -0.25) is 9.59 Å². The van der Waals surface area contributed by atoms with E-state index in [9.17, 15) is 14.0 Å². The SMILES string of the molecule is CN1C(=O)C(C)(C(=O)NCc2ccccc2F)Sc2ccccc21. The molecule has 1 aliphatic heterocycles. The number of carbonyl (C=O) groups excluding carboxylic acids is 2. The molecule has 124 valence electrons. The average molecular weight is 344 g/mol. The maximum absolute atomic E-state index is 13.7. The maximum atomic E-state index is 13.7. The Hall–Kier alpha value is -2.34. The van der Waals surface area contributed by atoms with E-state index in [1.54, 1.807) is 32.2 Å². The number of fused-ring (bicyclic) bond motifs is 1. The van der Waals surface area contributed by atoms with Crippen molar-refractivity contribution in [2.24, 2.45) is 0 Å². The second-order valence-corrected chi connectivity index (χ2v) is 7.20. The lowest BCUT2D eigenvalue weighted by Crippen LogP contribution is -2.55. The molecule has 0 aromatic heterocycles. The highest BCUT2D eigenvalue weighted by atomic mass is 32.2. The van der Waals surface area contributed by atoms with Crippen LogP contribution in [0.15, 0.2) is 53.4 Å². The van der Waals surface area contributed by atoms with Crippen LogP contribution in [0.25, 0.3) is 0 Å². The number of halogens is 1. The summed E-state index contributed by atoms with van der Waals surface area (Å²) in [6, 6.07) is 13.7. The maximum Gasteiger partial charge on any atom is 0.252 e. The van der Waals surface area contributed by atoms with E-state index in [0.29, 0.717) is 5.56 Å². The Morgan fingerprint density at radius 2 is 1.88 bits per heavy atom. The Kier molecular flexibility index (Phi) is 4.32. The largest absolute Gasteiger partial charge is 0.350 e. The van der Waals surface area contributed by atoms with Crippen molar-refractivity contribution in [2.45, 2.75) is 23.1 Å². The number of carbonyl (C=O) groups is 2. The van der Waals surface area contributed by atoms with E-state index >= 15 is 0 Å². The minimum atomic E-state index is -1.28. The van der Waals surface area contributed by atoms with E-state index < -0.39 is 10.7 Å². The number of anilines is 1. The zero-order valence-electron chi connectivity index (χ0n) is 13.4. The number of para-hydroxylation sites is 1. The summed E-state index contributed by atoms with van der Waals surface area (Å²) in [5.74, 6) is -1.10. The summed E-state index contributed by atoms with van der Waals surface area (Å²) < 4.78 is 12.4. The van der Waals surface area contributed by atoms with Crippen molar-refractivity contribution in [3.05, 3.63) is 59.9 Å². The summed E-state index contributed by atoms with van der Waals surface area (Å²) in [5.41, 5.74) is 1.17. The monoisotopic (exact) mass is 344 g/mol. The predicted molar refractivity (Wildman–Crippen MR) is 92.4 cm³/mol. The van der Waals surface area contributed by atoms with Crippen LogP contribution in [-0.2, 0) is 16.1 Å². The van der Waals surface area contributed by atoms with Crippen molar-refractivity contribution >= 4 is 29.3 Å². The van der Waals surface area contributed by atoms with Crippen LogP contribution in [-0.4, -0.2) is 23.6 Å². The number of rotatable bonds is 3. The molecule has 1 aliphatic rings. The summed E-state index contributed by atoms with van der Waals surface area (Å²) in [7, 11) is 1.66.